The summed E-state index contributed by atoms with van der Waals surface area (Å²) in [6.45, 7) is 5.37. The van der Waals surface area contributed by atoms with Crippen LogP contribution in [0.15, 0.2) is 24.5 Å². The first-order chi connectivity index (χ1) is 10.8. The number of nitrogens with zero attached hydrogens (tertiary/aromatic N) is 3. The van der Waals surface area contributed by atoms with Crippen LogP contribution >= 0.6 is 0 Å². The van der Waals surface area contributed by atoms with Gasteiger partial charge in [-0.2, -0.15) is 0 Å². The lowest BCUT2D eigenvalue weighted by Crippen LogP contribution is -2.40. The van der Waals surface area contributed by atoms with Gasteiger partial charge in [-0.3, -0.25) is 14.7 Å². The summed E-state index contributed by atoms with van der Waals surface area (Å²) in [6.07, 6.45) is 5.87. The molecule has 0 radical (unpaired) electrons. The number of carbonyl (C=O) groups is 1. The molecule has 0 unspecified atom stereocenters. The Kier molecular flexibility index (Phi) is 3.84. The Morgan fingerprint density at radius 2 is 2.09 bits per heavy atom. The molecule has 0 saturated carbocycles. The van der Waals surface area contributed by atoms with Gasteiger partial charge in [0.2, 0.25) is 5.91 Å². The van der Waals surface area contributed by atoms with E-state index in [-0.39, 0.29) is 5.92 Å². The summed E-state index contributed by atoms with van der Waals surface area (Å²) < 4.78 is 5.45. The number of pyridine rings is 1. The molecule has 5 nitrogen and oxygen atoms in total. The molecule has 4 heterocycles. The molecule has 4 rings (SSSR count). The van der Waals surface area contributed by atoms with Gasteiger partial charge in [0.25, 0.3) is 0 Å². The molecule has 3 saturated heterocycles. The summed E-state index contributed by atoms with van der Waals surface area (Å²) >= 11 is 0. The Bertz CT molecular complexity index is 530. The third-order valence-corrected chi connectivity index (χ3v) is 5.36. The number of hydrogen-bond donors (Lipinski definition) is 0. The quantitative estimate of drug-likeness (QED) is 0.840. The molecule has 0 spiro atoms. The van der Waals surface area contributed by atoms with E-state index in [1.54, 1.807) is 6.20 Å². The van der Waals surface area contributed by atoms with Crippen molar-refractivity contribution in [2.45, 2.75) is 25.4 Å². The van der Waals surface area contributed by atoms with Gasteiger partial charge in [0.05, 0.1) is 5.92 Å². The fourth-order valence-corrected chi connectivity index (χ4v) is 4.18. The monoisotopic (exact) mass is 301 g/mol. The maximum absolute atomic E-state index is 12.7. The lowest BCUT2D eigenvalue weighted by atomic mass is 10.0. The topological polar surface area (TPSA) is 45.7 Å². The molecular weight excluding hydrogens is 278 g/mol. The standard InChI is InChI=1S/C17H23N3O2/c21-17-16-12-19(15-3-6-22-7-4-15)10-14(16)11-20(17)9-13-2-1-5-18-8-13/h1-2,5,8,14-16H,3-4,6-7,9-12H2/t14-,16-/m1/s1. The van der Waals surface area contributed by atoms with E-state index in [1.165, 1.54) is 0 Å². The smallest absolute Gasteiger partial charge is 0.227 e. The molecule has 1 aromatic rings. The van der Waals surface area contributed by atoms with Crippen molar-refractivity contribution in [2.24, 2.45) is 11.8 Å². The van der Waals surface area contributed by atoms with Gasteiger partial charge in [0.1, 0.15) is 0 Å². The zero-order valence-electron chi connectivity index (χ0n) is 12.9. The predicted molar refractivity (Wildman–Crippen MR) is 82.0 cm³/mol. The summed E-state index contributed by atoms with van der Waals surface area (Å²) in [4.78, 5) is 21.4. The summed E-state index contributed by atoms with van der Waals surface area (Å²) in [6, 6.07) is 4.60. The van der Waals surface area contributed by atoms with E-state index in [9.17, 15) is 4.79 Å². The molecule has 3 aliphatic heterocycles. The zero-order chi connectivity index (χ0) is 14.9. The van der Waals surface area contributed by atoms with Crippen LogP contribution in [-0.4, -0.2) is 59.6 Å². The lowest BCUT2D eigenvalue weighted by molar-refractivity contribution is -0.131. The van der Waals surface area contributed by atoms with E-state index in [2.05, 4.69) is 9.88 Å². The fraction of sp³-hybridized carbons (Fsp3) is 0.647. The molecule has 118 valence electrons. The number of rotatable bonds is 3. The lowest BCUT2D eigenvalue weighted by Gasteiger charge is -2.32. The second kappa shape index (κ2) is 5.97. The average Bonchev–Trinajstić information content (AvgIpc) is 3.10. The first-order valence-corrected chi connectivity index (χ1v) is 8.31. The van der Waals surface area contributed by atoms with Gasteiger partial charge in [-0.25, -0.2) is 0 Å². The number of carbonyl (C=O) groups excluding carboxylic acids is 1. The number of likely N-dealkylation sites (tertiary alicyclic amines) is 2. The van der Waals surface area contributed by atoms with Crippen molar-refractivity contribution in [3.05, 3.63) is 30.1 Å². The molecule has 1 amide bonds. The highest BCUT2D eigenvalue weighted by molar-refractivity contribution is 5.82. The highest BCUT2D eigenvalue weighted by Gasteiger charge is 2.47. The minimum absolute atomic E-state index is 0.208. The molecule has 0 aliphatic carbocycles. The van der Waals surface area contributed by atoms with Crippen LogP contribution in [0.5, 0.6) is 0 Å². The zero-order valence-corrected chi connectivity index (χ0v) is 12.9. The van der Waals surface area contributed by atoms with Crippen molar-refractivity contribution in [3.63, 3.8) is 0 Å². The first-order valence-electron chi connectivity index (χ1n) is 8.31. The molecule has 3 fully saturated rings. The second-order valence-electron chi connectivity index (χ2n) is 6.74. The Hall–Kier alpha value is -1.46. The van der Waals surface area contributed by atoms with Crippen molar-refractivity contribution in [1.82, 2.24) is 14.8 Å². The van der Waals surface area contributed by atoms with Crippen LogP contribution in [0.3, 0.4) is 0 Å². The Morgan fingerprint density at radius 1 is 1.23 bits per heavy atom. The Balaban J connectivity index is 1.38. The van der Waals surface area contributed by atoms with E-state index in [0.717, 1.165) is 51.3 Å². The number of hydrogen-bond acceptors (Lipinski definition) is 4. The van der Waals surface area contributed by atoms with Gasteiger partial charge in [0.15, 0.2) is 0 Å². The first kappa shape index (κ1) is 14.2. The largest absolute Gasteiger partial charge is 0.381 e. The van der Waals surface area contributed by atoms with Crippen LogP contribution in [0.1, 0.15) is 18.4 Å². The fourth-order valence-electron chi connectivity index (χ4n) is 4.18. The van der Waals surface area contributed by atoms with Crippen molar-refractivity contribution in [1.29, 1.82) is 0 Å². The van der Waals surface area contributed by atoms with E-state index in [1.807, 2.05) is 23.2 Å². The van der Waals surface area contributed by atoms with E-state index in [4.69, 9.17) is 4.74 Å². The van der Waals surface area contributed by atoms with Crippen LogP contribution in [0.25, 0.3) is 0 Å². The van der Waals surface area contributed by atoms with Crippen molar-refractivity contribution >= 4 is 5.91 Å². The third kappa shape index (κ3) is 2.63. The van der Waals surface area contributed by atoms with Crippen LogP contribution in [0.4, 0.5) is 0 Å². The van der Waals surface area contributed by atoms with Crippen LogP contribution < -0.4 is 0 Å². The van der Waals surface area contributed by atoms with Crippen molar-refractivity contribution in [3.8, 4) is 0 Å². The minimum Gasteiger partial charge on any atom is -0.381 e. The maximum Gasteiger partial charge on any atom is 0.227 e. The minimum atomic E-state index is 0.208. The Morgan fingerprint density at radius 3 is 2.82 bits per heavy atom. The van der Waals surface area contributed by atoms with Gasteiger partial charge in [0, 0.05) is 63.7 Å². The molecule has 5 heteroatoms. The SMILES string of the molecule is O=C1[C@@H]2CN(C3CCOCC3)C[C@@H]2CN1Cc1cccnc1. The molecule has 1 aromatic heterocycles. The second-order valence-corrected chi connectivity index (χ2v) is 6.74. The number of ether oxygens (including phenoxy) is 1. The van der Waals surface area contributed by atoms with Crippen molar-refractivity contribution < 1.29 is 9.53 Å². The molecule has 2 atom stereocenters. The summed E-state index contributed by atoms with van der Waals surface area (Å²) in [5.41, 5.74) is 1.12. The maximum atomic E-state index is 12.7. The van der Waals surface area contributed by atoms with Gasteiger partial charge >= 0.3 is 0 Å². The van der Waals surface area contributed by atoms with Crippen LogP contribution in [-0.2, 0) is 16.1 Å². The normalized spacial score (nSPS) is 30.0. The number of aromatic nitrogens is 1. The summed E-state index contributed by atoms with van der Waals surface area (Å²) in [5, 5.41) is 0. The average molecular weight is 301 g/mol. The Labute approximate surface area is 131 Å². The summed E-state index contributed by atoms with van der Waals surface area (Å²) in [5.74, 6) is 1.05. The molecular formula is C17H23N3O2. The van der Waals surface area contributed by atoms with Gasteiger partial charge < -0.3 is 9.64 Å². The highest BCUT2D eigenvalue weighted by Crippen LogP contribution is 2.35. The summed E-state index contributed by atoms with van der Waals surface area (Å²) in [7, 11) is 0. The number of fused-ring (bicyclic) bond motifs is 1. The van der Waals surface area contributed by atoms with Gasteiger partial charge in [-0.1, -0.05) is 6.07 Å². The van der Waals surface area contributed by atoms with E-state index in [0.29, 0.717) is 24.4 Å². The van der Waals surface area contributed by atoms with E-state index < -0.39 is 0 Å². The molecule has 0 aromatic carbocycles. The molecule has 22 heavy (non-hydrogen) atoms. The van der Waals surface area contributed by atoms with Crippen LogP contribution in [0, 0.1) is 11.8 Å². The molecule has 3 aliphatic rings. The highest BCUT2D eigenvalue weighted by atomic mass is 16.5. The third-order valence-electron chi connectivity index (χ3n) is 5.36. The van der Waals surface area contributed by atoms with Crippen molar-refractivity contribution in [2.75, 3.05) is 32.8 Å². The molecule has 0 N–H and O–H groups in total. The van der Waals surface area contributed by atoms with Crippen LogP contribution in [0.2, 0.25) is 0 Å². The van der Waals surface area contributed by atoms with Gasteiger partial charge in [-0.05, 0) is 24.5 Å². The molecule has 0 bridgehead atoms. The number of amides is 1. The van der Waals surface area contributed by atoms with Gasteiger partial charge in [-0.15, -0.1) is 0 Å². The van der Waals surface area contributed by atoms with E-state index >= 15 is 0 Å². The predicted octanol–water partition coefficient (Wildman–Crippen LogP) is 1.15.